The van der Waals surface area contributed by atoms with Gasteiger partial charge in [0.1, 0.15) is 11.8 Å². The number of rotatable bonds is 2. The number of aromatic nitrogens is 1. The molecule has 0 bridgehead atoms. The molecule has 18 heavy (non-hydrogen) atoms. The molecule has 0 spiro atoms. The normalized spacial score (nSPS) is 15.1. The standard InChI is InChI=1S/C14H12N2O2/c15-8-9-4-5-12(18-10-2-1-3-10)13-11(17)6-7-16-14(9)13/h4-7,10H,1-3H2,(H,16,17). The Balaban J connectivity index is 2.20. The molecule has 0 amide bonds. The fraction of sp³-hybridized carbons (Fsp3) is 0.286. The molecule has 1 aliphatic rings. The van der Waals surface area contributed by atoms with Gasteiger partial charge in [0.15, 0.2) is 5.43 Å². The van der Waals surface area contributed by atoms with Crippen LogP contribution in [0, 0.1) is 11.3 Å². The summed E-state index contributed by atoms with van der Waals surface area (Å²) in [4.78, 5) is 14.9. The van der Waals surface area contributed by atoms with Crippen molar-refractivity contribution >= 4 is 10.9 Å². The molecule has 1 N–H and O–H groups in total. The number of hydrogen-bond donors (Lipinski definition) is 1. The van der Waals surface area contributed by atoms with Crippen LogP contribution in [0.1, 0.15) is 24.8 Å². The lowest BCUT2D eigenvalue weighted by Gasteiger charge is -2.26. The number of hydrogen-bond acceptors (Lipinski definition) is 3. The molecule has 90 valence electrons. The van der Waals surface area contributed by atoms with Crippen molar-refractivity contribution in [2.75, 3.05) is 0 Å². The van der Waals surface area contributed by atoms with Crippen molar-refractivity contribution in [2.24, 2.45) is 0 Å². The van der Waals surface area contributed by atoms with Crippen molar-refractivity contribution in [2.45, 2.75) is 25.4 Å². The number of fused-ring (bicyclic) bond motifs is 1. The molecule has 3 rings (SSSR count). The SMILES string of the molecule is N#Cc1ccc(OC2CCC2)c2c(=O)cc[nH]c12. The van der Waals surface area contributed by atoms with E-state index in [0.29, 0.717) is 22.2 Å². The van der Waals surface area contributed by atoms with Gasteiger partial charge in [-0.1, -0.05) is 0 Å². The molecule has 4 nitrogen and oxygen atoms in total. The number of aromatic amines is 1. The average molecular weight is 240 g/mol. The number of nitrogens with zero attached hydrogens (tertiary/aromatic N) is 1. The van der Waals surface area contributed by atoms with Gasteiger partial charge >= 0.3 is 0 Å². The fourth-order valence-electron chi connectivity index (χ4n) is 2.12. The molecule has 0 radical (unpaired) electrons. The molecule has 1 aliphatic carbocycles. The van der Waals surface area contributed by atoms with Crippen LogP contribution in [-0.4, -0.2) is 11.1 Å². The van der Waals surface area contributed by atoms with Gasteiger partial charge in [0.2, 0.25) is 0 Å². The van der Waals surface area contributed by atoms with Gasteiger partial charge in [0.25, 0.3) is 0 Å². The first-order valence-electron chi connectivity index (χ1n) is 6.01. The first kappa shape index (κ1) is 10.8. The summed E-state index contributed by atoms with van der Waals surface area (Å²) in [6, 6.07) is 6.94. The number of H-pyrrole nitrogens is 1. The summed E-state index contributed by atoms with van der Waals surface area (Å²) in [5.41, 5.74) is 0.903. The van der Waals surface area contributed by atoms with Gasteiger partial charge in [0.05, 0.1) is 22.6 Å². The molecule has 1 aromatic heterocycles. The monoisotopic (exact) mass is 240 g/mol. The predicted molar refractivity (Wildman–Crippen MR) is 67.6 cm³/mol. The summed E-state index contributed by atoms with van der Waals surface area (Å²) >= 11 is 0. The molecule has 1 aromatic carbocycles. The van der Waals surface area contributed by atoms with Crippen LogP contribution in [-0.2, 0) is 0 Å². The maximum absolute atomic E-state index is 11.9. The molecule has 0 aliphatic heterocycles. The minimum atomic E-state index is -0.116. The van der Waals surface area contributed by atoms with E-state index in [1.54, 1.807) is 18.3 Å². The molecular weight excluding hydrogens is 228 g/mol. The number of ether oxygens (including phenoxy) is 1. The Hall–Kier alpha value is -2.28. The summed E-state index contributed by atoms with van der Waals surface area (Å²) < 4.78 is 5.81. The minimum absolute atomic E-state index is 0.116. The first-order chi connectivity index (χ1) is 8.79. The van der Waals surface area contributed by atoms with E-state index >= 15 is 0 Å². The molecule has 4 heteroatoms. The topological polar surface area (TPSA) is 65.9 Å². The van der Waals surface area contributed by atoms with Crippen LogP contribution in [0.5, 0.6) is 5.75 Å². The summed E-state index contributed by atoms with van der Waals surface area (Å²) in [6.45, 7) is 0. The second kappa shape index (κ2) is 4.19. The van der Waals surface area contributed by atoms with Crippen molar-refractivity contribution in [3.05, 3.63) is 40.2 Å². The van der Waals surface area contributed by atoms with Crippen LogP contribution < -0.4 is 10.2 Å². The zero-order valence-corrected chi connectivity index (χ0v) is 9.77. The average Bonchev–Trinajstić information content (AvgIpc) is 2.34. The Morgan fingerprint density at radius 2 is 2.17 bits per heavy atom. The predicted octanol–water partition coefficient (Wildman–Crippen LogP) is 2.33. The molecule has 2 aromatic rings. The fourth-order valence-corrected chi connectivity index (χ4v) is 2.12. The Morgan fingerprint density at radius 1 is 1.33 bits per heavy atom. The second-order valence-electron chi connectivity index (χ2n) is 4.49. The third kappa shape index (κ3) is 1.65. The van der Waals surface area contributed by atoms with Crippen LogP contribution in [0.3, 0.4) is 0 Å². The Morgan fingerprint density at radius 3 is 2.83 bits per heavy atom. The second-order valence-corrected chi connectivity index (χ2v) is 4.49. The van der Waals surface area contributed by atoms with Crippen LogP contribution in [0.4, 0.5) is 0 Å². The molecule has 1 saturated carbocycles. The molecule has 0 saturated heterocycles. The largest absolute Gasteiger partial charge is 0.490 e. The molecule has 0 unspecified atom stereocenters. The number of benzene rings is 1. The van der Waals surface area contributed by atoms with Crippen LogP contribution >= 0.6 is 0 Å². The van der Waals surface area contributed by atoms with Crippen molar-refractivity contribution < 1.29 is 4.74 Å². The van der Waals surface area contributed by atoms with E-state index in [1.165, 1.54) is 12.5 Å². The highest BCUT2D eigenvalue weighted by Crippen LogP contribution is 2.29. The van der Waals surface area contributed by atoms with Gasteiger partial charge in [-0.25, -0.2) is 0 Å². The van der Waals surface area contributed by atoms with Gasteiger partial charge in [-0.2, -0.15) is 5.26 Å². The molecule has 1 heterocycles. The highest BCUT2D eigenvalue weighted by Gasteiger charge is 2.21. The zero-order chi connectivity index (χ0) is 12.5. The van der Waals surface area contributed by atoms with E-state index in [4.69, 9.17) is 10.00 Å². The third-order valence-corrected chi connectivity index (χ3v) is 3.34. The van der Waals surface area contributed by atoms with Crippen LogP contribution in [0.25, 0.3) is 10.9 Å². The number of pyridine rings is 1. The van der Waals surface area contributed by atoms with Gasteiger partial charge < -0.3 is 9.72 Å². The van der Waals surface area contributed by atoms with E-state index in [-0.39, 0.29) is 11.5 Å². The van der Waals surface area contributed by atoms with Crippen molar-refractivity contribution in [1.29, 1.82) is 5.26 Å². The van der Waals surface area contributed by atoms with E-state index in [2.05, 4.69) is 11.1 Å². The summed E-state index contributed by atoms with van der Waals surface area (Å²) in [6.07, 6.45) is 5.01. The smallest absolute Gasteiger partial charge is 0.193 e. The lowest BCUT2D eigenvalue weighted by Crippen LogP contribution is -2.25. The molecular formula is C14H12N2O2. The minimum Gasteiger partial charge on any atom is -0.490 e. The van der Waals surface area contributed by atoms with Crippen molar-refractivity contribution in [1.82, 2.24) is 4.98 Å². The lowest BCUT2D eigenvalue weighted by atomic mass is 9.96. The van der Waals surface area contributed by atoms with Gasteiger partial charge in [-0.05, 0) is 31.4 Å². The van der Waals surface area contributed by atoms with Crippen LogP contribution in [0.2, 0.25) is 0 Å². The quantitative estimate of drug-likeness (QED) is 0.876. The lowest BCUT2D eigenvalue weighted by molar-refractivity contribution is 0.122. The van der Waals surface area contributed by atoms with Gasteiger partial charge in [-0.15, -0.1) is 0 Å². The Kier molecular flexibility index (Phi) is 2.52. The van der Waals surface area contributed by atoms with Gasteiger partial charge in [0, 0.05) is 12.3 Å². The molecule has 0 atom stereocenters. The molecule has 1 fully saturated rings. The summed E-state index contributed by atoms with van der Waals surface area (Å²) in [5, 5.41) is 9.52. The van der Waals surface area contributed by atoms with E-state index in [0.717, 1.165) is 12.8 Å². The Bertz CT molecular complexity index is 693. The van der Waals surface area contributed by atoms with Crippen molar-refractivity contribution in [3.63, 3.8) is 0 Å². The maximum atomic E-state index is 11.9. The van der Waals surface area contributed by atoms with Crippen LogP contribution in [0.15, 0.2) is 29.2 Å². The van der Waals surface area contributed by atoms with E-state index in [9.17, 15) is 4.79 Å². The van der Waals surface area contributed by atoms with E-state index in [1.807, 2.05) is 0 Å². The Labute approximate surface area is 104 Å². The van der Waals surface area contributed by atoms with Crippen molar-refractivity contribution in [3.8, 4) is 11.8 Å². The first-order valence-corrected chi connectivity index (χ1v) is 6.01. The number of nitrogens with one attached hydrogen (secondary N) is 1. The third-order valence-electron chi connectivity index (χ3n) is 3.34. The van der Waals surface area contributed by atoms with E-state index < -0.39 is 0 Å². The highest BCUT2D eigenvalue weighted by atomic mass is 16.5. The highest BCUT2D eigenvalue weighted by molar-refractivity contribution is 5.89. The van der Waals surface area contributed by atoms with Gasteiger partial charge in [-0.3, -0.25) is 4.79 Å². The number of nitriles is 1. The summed E-state index contributed by atoms with van der Waals surface area (Å²) in [5.74, 6) is 0.579. The zero-order valence-electron chi connectivity index (χ0n) is 9.77. The summed E-state index contributed by atoms with van der Waals surface area (Å²) in [7, 11) is 0. The maximum Gasteiger partial charge on any atom is 0.193 e.